The van der Waals surface area contributed by atoms with Crippen molar-refractivity contribution in [1.82, 2.24) is 26.1 Å². The Kier molecular flexibility index (Phi) is 8.77. The van der Waals surface area contributed by atoms with Crippen molar-refractivity contribution in [1.29, 1.82) is 0 Å². The first-order chi connectivity index (χ1) is 21.8. The summed E-state index contributed by atoms with van der Waals surface area (Å²) in [7, 11) is 1.56. The zero-order chi connectivity index (χ0) is 33.2. The summed E-state index contributed by atoms with van der Waals surface area (Å²) in [6.45, 7) is 8.63. The maximum Gasteiger partial charge on any atom is 0.426 e. The third-order valence-electron chi connectivity index (χ3n) is 7.87. The number of likely N-dealkylation sites (tertiary alicyclic amines) is 1. The molecule has 1 aliphatic carbocycles. The lowest BCUT2D eigenvalue weighted by molar-refractivity contribution is -0.144. The molecule has 1 aliphatic heterocycles. The number of benzene rings is 2. The minimum atomic E-state index is -1.50. The number of methoxy groups -OCH3 is 1. The number of fused-ring (bicyclic) bond motifs is 1. The first-order valence-electron chi connectivity index (χ1n) is 14.8. The van der Waals surface area contributed by atoms with Crippen LogP contribution in [0.5, 0.6) is 11.5 Å². The molecule has 13 nitrogen and oxygen atoms in total. The molecule has 1 aromatic heterocycles. The lowest BCUT2D eigenvalue weighted by atomic mass is 10.1. The van der Waals surface area contributed by atoms with Gasteiger partial charge in [-0.1, -0.05) is 36.4 Å². The average Bonchev–Trinajstić information content (AvgIpc) is 3.58. The van der Waals surface area contributed by atoms with Crippen molar-refractivity contribution in [2.24, 2.45) is 5.92 Å². The molecule has 4 atom stereocenters. The van der Waals surface area contributed by atoms with Crippen LogP contribution in [0.2, 0.25) is 0 Å². The molecule has 4 N–H and O–H groups in total. The van der Waals surface area contributed by atoms with Crippen LogP contribution in [-0.4, -0.2) is 75.9 Å². The number of rotatable bonds is 8. The minimum Gasteiger partial charge on any atom is -0.497 e. The molecule has 1 saturated heterocycles. The molecular formula is C33H37N5O8. The normalized spacial score (nSPS) is 22.0. The Balaban J connectivity index is 1.43. The largest absolute Gasteiger partial charge is 0.497 e. The fraction of sp³-hybridized carbons (Fsp3) is 0.364. The number of pyridine rings is 1. The van der Waals surface area contributed by atoms with Crippen LogP contribution < -0.4 is 25.6 Å². The van der Waals surface area contributed by atoms with E-state index in [1.807, 2.05) is 36.4 Å². The second-order valence-corrected chi connectivity index (χ2v) is 12.3. The second-order valence-electron chi connectivity index (χ2n) is 12.3. The summed E-state index contributed by atoms with van der Waals surface area (Å²) in [6, 6.07) is 14.8. The quantitative estimate of drug-likeness (QED) is 0.212. The molecule has 0 spiro atoms. The molecule has 46 heavy (non-hydrogen) atoms. The van der Waals surface area contributed by atoms with Gasteiger partial charge in [0.05, 0.1) is 24.9 Å². The van der Waals surface area contributed by atoms with E-state index in [1.165, 1.54) is 11.0 Å². The van der Waals surface area contributed by atoms with Crippen molar-refractivity contribution in [3.63, 3.8) is 0 Å². The van der Waals surface area contributed by atoms with Gasteiger partial charge in [0, 0.05) is 35.4 Å². The predicted octanol–water partition coefficient (Wildman–Crippen LogP) is 4.03. The van der Waals surface area contributed by atoms with Gasteiger partial charge in [-0.3, -0.25) is 4.79 Å². The van der Waals surface area contributed by atoms with Crippen molar-refractivity contribution in [2.75, 3.05) is 13.7 Å². The van der Waals surface area contributed by atoms with Crippen LogP contribution in [0.4, 0.5) is 9.59 Å². The van der Waals surface area contributed by atoms with E-state index >= 15 is 0 Å². The van der Waals surface area contributed by atoms with Gasteiger partial charge in [0.25, 0.3) is 0 Å². The van der Waals surface area contributed by atoms with Gasteiger partial charge >= 0.3 is 18.1 Å². The molecule has 1 saturated carbocycles. The molecule has 2 heterocycles. The topological polar surface area (TPSA) is 168 Å². The highest BCUT2D eigenvalue weighted by Crippen LogP contribution is 2.45. The highest BCUT2D eigenvalue weighted by Gasteiger charge is 2.61. The van der Waals surface area contributed by atoms with Gasteiger partial charge < -0.3 is 29.5 Å². The third kappa shape index (κ3) is 6.82. The van der Waals surface area contributed by atoms with E-state index in [9.17, 15) is 24.3 Å². The van der Waals surface area contributed by atoms with E-state index in [0.717, 1.165) is 5.56 Å². The number of amides is 4. The van der Waals surface area contributed by atoms with Crippen LogP contribution in [0, 0.1) is 5.92 Å². The lowest BCUT2D eigenvalue weighted by Gasteiger charge is -2.26. The van der Waals surface area contributed by atoms with Gasteiger partial charge in [-0.2, -0.15) is 0 Å². The minimum absolute atomic E-state index is 0.0424. The molecule has 2 aliphatic rings. The Bertz CT molecular complexity index is 1670. The number of aliphatic carboxylic acids is 1. The van der Waals surface area contributed by atoms with E-state index < -0.39 is 53.2 Å². The zero-order valence-electron chi connectivity index (χ0n) is 26.0. The summed E-state index contributed by atoms with van der Waals surface area (Å²) in [5.41, 5.74) is 4.28. The van der Waals surface area contributed by atoms with E-state index in [2.05, 4.69) is 22.7 Å². The third-order valence-corrected chi connectivity index (χ3v) is 7.87. The smallest absolute Gasteiger partial charge is 0.426 e. The molecule has 242 valence electrons. The molecular weight excluding hydrogens is 594 g/mol. The number of nitrogens with zero attached hydrogens (tertiary/aromatic N) is 2. The molecule has 4 amide bonds. The van der Waals surface area contributed by atoms with Crippen LogP contribution >= 0.6 is 0 Å². The Hall–Kier alpha value is -5.33. The number of hydrogen-bond acceptors (Lipinski definition) is 8. The van der Waals surface area contributed by atoms with E-state index in [-0.39, 0.29) is 19.4 Å². The number of carbonyl (C=O) groups excluding carboxylic acids is 3. The van der Waals surface area contributed by atoms with E-state index in [0.29, 0.717) is 28.1 Å². The number of hydrazine groups is 1. The molecule has 0 radical (unpaired) electrons. The summed E-state index contributed by atoms with van der Waals surface area (Å²) in [6.07, 6.45) is 0.136. The number of aromatic nitrogens is 1. The first kappa shape index (κ1) is 32.1. The monoisotopic (exact) mass is 631 g/mol. The average molecular weight is 632 g/mol. The first-order valence-corrected chi connectivity index (χ1v) is 14.8. The SMILES string of the molecule is C=C[C@@H]1C[C@]1(NC(=O)[C@H]1C[C@@H](Oc2cc(-c3ccccc3)nc3cc(OC)ccc23)CN1C(=O)NNC(=O)OC(C)(C)C)C(=O)O. The summed E-state index contributed by atoms with van der Waals surface area (Å²) < 4.78 is 17.1. The van der Waals surface area contributed by atoms with Gasteiger partial charge in [-0.15, -0.1) is 6.58 Å². The summed E-state index contributed by atoms with van der Waals surface area (Å²) >= 11 is 0. The second kappa shape index (κ2) is 12.6. The van der Waals surface area contributed by atoms with Crippen LogP contribution in [0.3, 0.4) is 0 Å². The number of carboxylic acid groups (broad SMARTS) is 1. The number of carboxylic acids is 1. The van der Waals surface area contributed by atoms with Gasteiger partial charge in [0.15, 0.2) is 0 Å². The standard InChI is InChI=1S/C33H37N5O8/c1-6-20-17-33(20,29(40)41)35-28(39)26-15-22(18-38(26)30(42)36-37-31(43)46-32(2,3)4)45-27-16-24(19-10-8-7-9-11-19)34-25-14-21(44-5)12-13-23(25)27/h6-14,16,20,22,26H,1,15,17-18H2,2-5H3,(H,35,39)(H,36,42)(H,37,43)(H,40,41)/t20-,22-,26-,33-/m1/s1. The summed E-state index contributed by atoms with van der Waals surface area (Å²) in [5.74, 6) is -1.22. The molecule has 0 bridgehead atoms. The highest BCUT2D eigenvalue weighted by molar-refractivity contribution is 5.95. The Morgan fingerprint density at radius 1 is 1.09 bits per heavy atom. The van der Waals surface area contributed by atoms with Crippen molar-refractivity contribution >= 4 is 34.9 Å². The van der Waals surface area contributed by atoms with Crippen LogP contribution in [0.15, 0.2) is 67.3 Å². The van der Waals surface area contributed by atoms with E-state index in [1.54, 1.807) is 46.1 Å². The van der Waals surface area contributed by atoms with Crippen molar-refractivity contribution in [3.05, 3.63) is 67.3 Å². The van der Waals surface area contributed by atoms with Crippen molar-refractivity contribution in [3.8, 4) is 22.8 Å². The summed E-state index contributed by atoms with van der Waals surface area (Å²) in [4.78, 5) is 57.2. The molecule has 5 rings (SSSR count). The van der Waals surface area contributed by atoms with Gasteiger partial charge in [-0.25, -0.2) is 30.2 Å². The summed E-state index contributed by atoms with van der Waals surface area (Å²) in [5, 5.41) is 13.2. The van der Waals surface area contributed by atoms with Gasteiger partial charge in [0.2, 0.25) is 5.91 Å². The molecule has 2 aromatic carbocycles. The molecule has 3 aromatic rings. The number of hydrogen-bond donors (Lipinski definition) is 4. The molecule has 2 fully saturated rings. The van der Waals surface area contributed by atoms with Crippen molar-refractivity contribution in [2.45, 2.75) is 56.9 Å². The zero-order valence-corrected chi connectivity index (χ0v) is 26.0. The maximum absolute atomic E-state index is 13.6. The van der Waals surface area contributed by atoms with Crippen LogP contribution in [-0.2, 0) is 14.3 Å². The Labute approximate surface area is 265 Å². The van der Waals surface area contributed by atoms with Gasteiger partial charge in [-0.05, 0) is 39.3 Å². The van der Waals surface area contributed by atoms with Gasteiger partial charge in [0.1, 0.15) is 34.8 Å². The van der Waals surface area contributed by atoms with Crippen LogP contribution in [0.25, 0.3) is 22.2 Å². The van der Waals surface area contributed by atoms with E-state index in [4.69, 9.17) is 19.2 Å². The lowest BCUT2D eigenvalue weighted by Crippen LogP contribution is -2.56. The molecule has 13 heteroatoms. The molecule has 0 unspecified atom stereocenters. The van der Waals surface area contributed by atoms with Crippen LogP contribution in [0.1, 0.15) is 33.6 Å². The number of carbonyl (C=O) groups is 4. The van der Waals surface area contributed by atoms with Crippen molar-refractivity contribution < 1.29 is 38.5 Å². The number of ether oxygens (including phenoxy) is 3. The highest BCUT2D eigenvalue weighted by atomic mass is 16.6. The Morgan fingerprint density at radius 2 is 1.83 bits per heavy atom. The maximum atomic E-state index is 13.6. The number of nitrogens with one attached hydrogen (secondary N) is 3. The predicted molar refractivity (Wildman–Crippen MR) is 168 cm³/mol. The Morgan fingerprint density at radius 3 is 2.46 bits per heavy atom. The fourth-order valence-corrected chi connectivity index (χ4v) is 5.49. The number of urea groups is 1. The fourth-order valence-electron chi connectivity index (χ4n) is 5.49.